The first-order chi connectivity index (χ1) is 15.7. The van der Waals surface area contributed by atoms with Crippen molar-refractivity contribution in [3.63, 3.8) is 0 Å². The highest BCUT2D eigenvalue weighted by Gasteiger charge is 2.26. The molecule has 32 heavy (non-hydrogen) atoms. The highest BCUT2D eigenvalue weighted by Crippen LogP contribution is 2.32. The van der Waals surface area contributed by atoms with Crippen molar-refractivity contribution < 1.29 is 4.79 Å². The predicted octanol–water partition coefficient (Wildman–Crippen LogP) is 4.43. The molecule has 1 unspecified atom stereocenters. The number of rotatable bonds is 6. The molecule has 7 heteroatoms. The lowest BCUT2D eigenvalue weighted by molar-refractivity contribution is -0.113. The van der Waals surface area contributed by atoms with Crippen molar-refractivity contribution in [2.24, 2.45) is 0 Å². The van der Waals surface area contributed by atoms with Crippen LogP contribution in [0, 0.1) is 0 Å². The van der Waals surface area contributed by atoms with Crippen LogP contribution in [-0.2, 0) is 4.79 Å². The summed E-state index contributed by atoms with van der Waals surface area (Å²) in [4.78, 5) is 23.4. The maximum absolute atomic E-state index is 12.0. The van der Waals surface area contributed by atoms with Crippen molar-refractivity contribution in [2.75, 3.05) is 50.7 Å². The fourth-order valence-electron chi connectivity index (χ4n) is 4.70. The molecule has 5 nitrogen and oxygen atoms in total. The summed E-state index contributed by atoms with van der Waals surface area (Å²) in [5, 5.41) is 4.14. The van der Waals surface area contributed by atoms with Crippen LogP contribution < -0.4 is 4.90 Å². The lowest BCUT2D eigenvalue weighted by atomic mass is 9.97. The zero-order valence-electron chi connectivity index (χ0n) is 18.0. The molecule has 0 amide bonds. The third-order valence-electron chi connectivity index (χ3n) is 6.54. The molecule has 4 heterocycles. The molecule has 0 bridgehead atoms. The predicted molar refractivity (Wildman–Crippen MR) is 134 cm³/mol. The van der Waals surface area contributed by atoms with Crippen LogP contribution in [0.2, 0.25) is 5.02 Å². The minimum atomic E-state index is -0.0643. The van der Waals surface area contributed by atoms with Crippen LogP contribution in [-0.4, -0.2) is 72.9 Å². The minimum Gasteiger partial charge on any atom is -0.354 e. The molecule has 1 fully saturated rings. The SMILES string of the molecule is O=CC(CN1CCN(c2ccc(Cl)cn2)CC1)N1CC=C(c2cccc3ccsc23)CC1. The first-order valence-corrected chi connectivity index (χ1v) is 12.4. The fourth-order valence-corrected chi connectivity index (χ4v) is 5.76. The molecule has 0 saturated carbocycles. The zero-order valence-corrected chi connectivity index (χ0v) is 19.6. The number of hydrogen-bond donors (Lipinski definition) is 0. The van der Waals surface area contributed by atoms with Gasteiger partial charge < -0.3 is 9.69 Å². The number of fused-ring (bicyclic) bond motifs is 1. The molecule has 1 aromatic carbocycles. The van der Waals surface area contributed by atoms with E-state index >= 15 is 0 Å². The highest BCUT2D eigenvalue weighted by atomic mass is 35.5. The molecule has 1 saturated heterocycles. The topological polar surface area (TPSA) is 39.7 Å². The van der Waals surface area contributed by atoms with Crippen LogP contribution in [0.3, 0.4) is 0 Å². The number of nitrogens with zero attached hydrogens (tertiary/aromatic N) is 4. The Hall–Kier alpha value is -2.25. The summed E-state index contributed by atoms with van der Waals surface area (Å²) in [5.41, 5.74) is 2.76. The van der Waals surface area contributed by atoms with E-state index < -0.39 is 0 Å². The second kappa shape index (κ2) is 9.71. The molecule has 0 radical (unpaired) electrons. The summed E-state index contributed by atoms with van der Waals surface area (Å²) >= 11 is 7.76. The molecule has 166 valence electrons. The number of anilines is 1. The van der Waals surface area contributed by atoms with Crippen LogP contribution in [0.1, 0.15) is 12.0 Å². The Bertz CT molecular complexity index is 1100. The van der Waals surface area contributed by atoms with Gasteiger partial charge in [0.05, 0.1) is 11.1 Å². The number of piperazine rings is 1. The van der Waals surface area contributed by atoms with Gasteiger partial charge >= 0.3 is 0 Å². The molecule has 3 aromatic rings. The summed E-state index contributed by atoms with van der Waals surface area (Å²) < 4.78 is 1.37. The van der Waals surface area contributed by atoms with Crippen LogP contribution >= 0.6 is 22.9 Å². The van der Waals surface area contributed by atoms with Crippen LogP contribution in [0.4, 0.5) is 5.82 Å². The van der Waals surface area contributed by atoms with Gasteiger partial charge in [0.1, 0.15) is 12.1 Å². The Morgan fingerprint density at radius 2 is 1.97 bits per heavy atom. The maximum Gasteiger partial charge on any atom is 0.138 e. The Kier molecular flexibility index (Phi) is 6.55. The van der Waals surface area contributed by atoms with E-state index in [-0.39, 0.29) is 6.04 Å². The largest absolute Gasteiger partial charge is 0.354 e. The zero-order chi connectivity index (χ0) is 21.9. The molecule has 0 N–H and O–H groups in total. The molecule has 2 aromatic heterocycles. The summed E-state index contributed by atoms with van der Waals surface area (Å²) in [5.74, 6) is 0.968. The van der Waals surface area contributed by atoms with E-state index in [2.05, 4.69) is 55.4 Å². The van der Waals surface area contributed by atoms with E-state index in [1.54, 1.807) is 6.20 Å². The van der Waals surface area contributed by atoms with Crippen molar-refractivity contribution in [2.45, 2.75) is 12.5 Å². The third kappa shape index (κ3) is 4.59. The summed E-state index contributed by atoms with van der Waals surface area (Å²) in [6, 6.07) is 12.5. The maximum atomic E-state index is 12.0. The van der Waals surface area contributed by atoms with Crippen molar-refractivity contribution in [3.8, 4) is 0 Å². The monoisotopic (exact) mass is 466 g/mol. The lowest BCUT2D eigenvalue weighted by Crippen LogP contribution is -2.52. The van der Waals surface area contributed by atoms with E-state index in [9.17, 15) is 4.79 Å². The number of pyridine rings is 1. The number of benzene rings is 1. The number of hydrogen-bond acceptors (Lipinski definition) is 6. The van der Waals surface area contributed by atoms with Crippen LogP contribution in [0.25, 0.3) is 15.7 Å². The van der Waals surface area contributed by atoms with Gasteiger partial charge in [0.15, 0.2) is 0 Å². The van der Waals surface area contributed by atoms with Crippen molar-refractivity contribution >= 4 is 50.7 Å². The Morgan fingerprint density at radius 1 is 1.09 bits per heavy atom. The van der Waals surface area contributed by atoms with Gasteiger partial charge in [-0.3, -0.25) is 9.80 Å². The number of carbonyl (C=O) groups excluding carboxylic acids is 1. The van der Waals surface area contributed by atoms with Crippen LogP contribution in [0.15, 0.2) is 54.1 Å². The Morgan fingerprint density at radius 3 is 2.69 bits per heavy atom. The van der Waals surface area contributed by atoms with E-state index in [0.29, 0.717) is 5.02 Å². The normalized spacial score (nSPS) is 19.2. The fraction of sp³-hybridized carbons (Fsp3) is 0.360. The van der Waals surface area contributed by atoms with E-state index in [0.717, 1.165) is 64.3 Å². The molecular weight excluding hydrogens is 440 g/mol. The van der Waals surface area contributed by atoms with Gasteiger partial charge in [-0.25, -0.2) is 4.98 Å². The molecule has 0 aliphatic carbocycles. The second-order valence-electron chi connectivity index (χ2n) is 8.44. The minimum absolute atomic E-state index is 0.0643. The van der Waals surface area contributed by atoms with Gasteiger partial charge in [-0.1, -0.05) is 35.9 Å². The van der Waals surface area contributed by atoms with Gasteiger partial charge in [-0.2, -0.15) is 0 Å². The first kappa shape index (κ1) is 21.6. The van der Waals surface area contributed by atoms with E-state index in [4.69, 9.17) is 11.6 Å². The molecular formula is C25H27ClN4OS. The molecule has 2 aliphatic heterocycles. The number of aromatic nitrogens is 1. The van der Waals surface area contributed by atoms with Crippen molar-refractivity contribution in [3.05, 3.63) is 64.6 Å². The summed E-state index contributed by atoms with van der Waals surface area (Å²) in [7, 11) is 0. The standard InChI is InChI=1S/C25H27ClN4OS/c26-21-4-5-24(27-16-21)30-13-11-28(12-14-30)17-22(18-31)29-9-6-19(7-10-29)23-3-1-2-20-8-15-32-25(20)23/h1-6,8,15-16,18,22H,7,9-14,17H2. The smallest absolute Gasteiger partial charge is 0.138 e. The van der Waals surface area contributed by atoms with E-state index in [1.807, 2.05) is 23.5 Å². The second-order valence-corrected chi connectivity index (χ2v) is 9.80. The van der Waals surface area contributed by atoms with Crippen LogP contribution in [0.5, 0.6) is 0 Å². The number of aldehydes is 1. The Labute approximate surface area is 197 Å². The number of carbonyl (C=O) groups is 1. The van der Waals surface area contributed by atoms with Gasteiger partial charge in [0.25, 0.3) is 0 Å². The summed E-state index contributed by atoms with van der Waals surface area (Å²) in [6.45, 7) is 6.23. The van der Waals surface area contributed by atoms with Crippen molar-refractivity contribution in [1.82, 2.24) is 14.8 Å². The average molecular weight is 467 g/mol. The van der Waals surface area contributed by atoms with Gasteiger partial charge in [0.2, 0.25) is 0 Å². The van der Waals surface area contributed by atoms with E-state index in [1.165, 1.54) is 21.2 Å². The highest BCUT2D eigenvalue weighted by molar-refractivity contribution is 7.17. The average Bonchev–Trinajstić information content (AvgIpc) is 3.33. The summed E-state index contributed by atoms with van der Waals surface area (Å²) in [6.07, 6.45) is 6.13. The molecule has 1 atom stereocenters. The molecule has 2 aliphatic rings. The molecule has 0 spiro atoms. The number of thiophene rings is 1. The Balaban J connectivity index is 1.18. The van der Waals surface area contributed by atoms with Gasteiger partial charge in [-0.15, -0.1) is 11.3 Å². The number of halogens is 1. The van der Waals surface area contributed by atoms with Gasteiger partial charge in [0, 0.05) is 56.7 Å². The quantitative estimate of drug-likeness (QED) is 0.502. The van der Waals surface area contributed by atoms with Gasteiger partial charge in [-0.05, 0) is 46.5 Å². The first-order valence-electron chi connectivity index (χ1n) is 11.1. The lowest BCUT2D eigenvalue weighted by Gasteiger charge is -2.39. The third-order valence-corrected chi connectivity index (χ3v) is 7.73. The van der Waals surface area contributed by atoms with Crippen molar-refractivity contribution in [1.29, 1.82) is 0 Å². The molecule has 5 rings (SSSR count).